The number of rotatable bonds is 11. The Hall–Kier alpha value is -1.45. The maximum atomic E-state index is 11.8. The normalized spacial score (nSPS) is 12.0. The molecule has 0 rings (SSSR count). The first kappa shape index (κ1) is 21.6. The Morgan fingerprint density at radius 1 is 1.35 bits per heavy atom. The van der Waals surface area contributed by atoms with Crippen LogP contribution in [0.25, 0.3) is 0 Å². The minimum atomic E-state index is -4.16. The number of amides is 1. The van der Waals surface area contributed by atoms with Gasteiger partial charge in [0.25, 0.3) is 10.1 Å². The van der Waals surface area contributed by atoms with Crippen molar-refractivity contribution < 1.29 is 27.3 Å². The Bertz CT molecular complexity index is 515. The van der Waals surface area contributed by atoms with E-state index in [1.807, 2.05) is 11.9 Å². The first-order chi connectivity index (χ1) is 10.4. The van der Waals surface area contributed by atoms with Gasteiger partial charge in [0.05, 0.1) is 17.9 Å². The van der Waals surface area contributed by atoms with Crippen molar-refractivity contribution in [3.8, 4) is 0 Å². The van der Waals surface area contributed by atoms with E-state index >= 15 is 0 Å². The molecule has 9 heteroatoms. The molecule has 0 spiro atoms. The summed E-state index contributed by atoms with van der Waals surface area (Å²) in [7, 11) is -2.33. The molecule has 0 bridgehead atoms. The zero-order valence-electron chi connectivity index (χ0n) is 13.9. The number of esters is 1. The molecule has 8 nitrogen and oxygen atoms in total. The first-order valence-electron chi connectivity index (χ1n) is 7.19. The van der Waals surface area contributed by atoms with Gasteiger partial charge in [0.2, 0.25) is 5.91 Å². The number of carbonyl (C=O) groups excluding carboxylic acids is 2. The Kier molecular flexibility index (Phi) is 9.03. The second-order valence-electron chi connectivity index (χ2n) is 5.94. The fourth-order valence-electron chi connectivity index (χ4n) is 1.90. The molecular weight excluding hydrogens is 324 g/mol. The standard InChI is InChI=1S/C14H26N2O6S/c1-5-13(18)22-10-6-8-16(4)9-7-12(17)15-14(2,3)11-23(19,20)21/h5H,1,6-11H2,2-4H3,(H,15,17)(H,19,20,21). The number of nitrogens with one attached hydrogen (secondary N) is 1. The summed E-state index contributed by atoms with van der Waals surface area (Å²) in [4.78, 5) is 24.5. The van der Waals surface area contributed by atoms with Crippen molar-refractivity contribution >= 4 is 22.0 Å². The summed E-state index contributed by atoms with van der Waals surface area (Å²) in [5.41, 5.74) is -1.04. The lowest BCUT2D eigenvalue weighted by Gasteiger charge is -2.25. The molecule has 0 fully saturated rings. The van der Waals surface area contributed by atoms with E-state index in [4.69, 9.17) is 9.29 Å². The second-order valence-corrected chi connectivity index (χ2v) is 7.39. The number of carbonyl (C=O) groups is 2. The Morgan fingerprint density at radius 3 is 2.48 bits per heavy atom. The van der Waals surface area contributed by atoms with Crippen LogP contribution >= 0.6 is 0 Å². The van der Waals surface area contributed by atoms with E-state index in [2.05, 4.69) is 11.9 Å². The van der Waals surface area contributed by atoms with Gasteiger partial charge in [-0.05, 0) is 27.3 Å². The highest BCUT2D eigenvalue weighted by atomic mass is 32.2. The molecule has 0 radical (unpaired) electrons. The number of nitrogens with zero attached hydrogens (tertiary/aromatic N) is 1. The monoisotopic (exact) mass is 350 g/mol. The second kappa shape index (κ2) is 9.64. The van der Waals surface area contributed by atoms with Crippen molar-refractivity contribution in [2.45, 2.75) is 32.2 Å². The third-order valence-corrected chi connectivity index (χ3v) is 3.92. The molecule has 0 aromatic rings. The quantitative estimate of drug-likeness (QED) is 0.237. The minimum absolute atomic E-state index is 0.192. The largest absolute Gasteiger partial charge is 0.462 e. The van der Waals surface area contributed by atoms with Crippen LogP contribution in [0, 0.1) is 0 Å². The maximum Gasteiger partial charge on any atom is 0.330 e. The molecule has 134 valence electrons. The molecule has 0 aromatic carbocycles. The average Bonchev–Trinajstić information content (AvgIpc) is 2.37. The van der Waals surface area contributed by atoms with Crippen LogP contribution in [0.2, 0.25) is 0 Å². The van der Waals surface area contributed by atoms with Gasteiger partial charge in [0, 0.05) is 25.6 Å². The van der Waals surface area contributed by atoms with Gasteiger partial charge in [-0.2, -0.15) is 8.42 Å². The zero-order chi connectivity index (χ0) is 18.1. The predicted octanol–water partition coefficient (Wildman–Crippen LogP) is 0.210. The van der Waals surface area contributed by atoms with Crippen molar-refractivity contribution in [2.24, 2.45) is 0 Å². The summed E-state index contributed by atoms with van der Waals surface area (Å²) in [6.45, 7) is 7.74. The van der Waals surface area contributed by atoms with Gasteiger partial charge in [-0.25, -0.2) is 4.79 Å². The number of hydrogen-bond acceptors (Lipinski definition) is 6. The molecule has 0 aliphatic rings. The molecule has 1 amide bonds. The SMILES string of the molecule is C=CC(=O)OCCCN(C)CCC(=O)NC(C)(C)CS(=O)(=O)O. The van der Waals surface area contributed by atoms with Crippen LogP contribution in [0.3, 0.4) is 0 Å². The van der Waals surface area contributed by atoms with Crippen LogP contribution in [-0.2, 0) is 24.4 Å². The van der Waals surface area contributed by atoms with Crippen molar-refractivity contribution in [3.05, 3.63) is 12.7 Å². The van der Waals surface area contributed by atoms with Gasteiger partial charge in [0.15, 0.2) is 0 Å². The Balaban J connectivity index is 4.00. The van der Waals surface area contributed by atoms with E-state index in [9.17, 15) is 18.0 Å². The first-order valence-corrected chi connectivity index (χ1v) is 8.80. The van der Waals surface area contributed by atoms with Crippen LogP contribution in [0.1, 0.15) is 26.7 Å². The Labute approximate surface area is 137 Å². The molecule has 0 saturated heterocycles. The minimum Gasteiger partial charge on any atom is -0.462 e. The summed E-state index contributed by atoms with van der Waals surface area (Å²) in [6.07, 6.45) is 1.92. The van der Waals surface area contributed by atoms with Crippen LogP contribution < -0.4 is 5.32 Å². The van der Waals surface area contributed by atoms with Crippen molar-refractivity contribution in [1.82, 2.24) is 10.2 Å². The molecule has 0 aromatic heterocycles. The summed E-state index contributed by atoms with van der Waals surface area (Å²) < 4.78 is 35.4. The van der Waals surface area contributed by atoms with Crippen molar-refractivity contribution in [3.63, 3.8) is 0 Å². The lowest BCUT2D eigenvalue weighted by Crippen LogP contribution is -2.48. The maximum absolute atomic E-state index is 11.8. The van der Waals surface area contributed by atoms with Gasteiger partial charge < -0.3 is 15.0 Å². The van der Waals surface area contributed by atoms with Crippen molar-refractivity contribution in [2.75, 3.05) is 32.5 Å². The van der Waals surface area contributed by atoms with E-state index in [0.717, 1.165) is 6.08 Å². The van der Waals surface area contributed by atoms with Crippen LogP contribution in [0.5, 0.6) is 0 Å². The predicted molar refractivity (Wildman–Crippen MR) is 86.5 cm³/mol. The number of hydrogen-bond donors (Lipinski definition) is 2. The molecule has 0 aliphatic heterocycles. The van der Waals surface area contributed by atoms with E-state index in [-0.39, 0.29) is 18.9 Å². The molecule has 0 saturated carbocycles. The third-order valence-electron chi connectivity index (χ3n) is 2.84. The fourth-order valence-corrected chi connectivity index (χ4v) is 2.89. The van der Waals surface area contributed by atoms with Gasteiger partial charge in [-0.1, -0.05) is 6.58 Å². The highest BCUT2D eigenvalue weighted by Crippen LogP contribution is 2.06. The highest BCUT2D eigenvalue weighted by Gasteiger charge is 2.26. The van der Waals surface area contributed by atoms with Gasteiger partial charge in [-0.3, -0.25) is 9.35 Å². The van der Waals surface area contributed by atoms with Gasteiger partial charge in [-0.15, -0.1) is 0 Å². The summed E-state index contributed by atoms with van der Waals surface area (Å²) in [5, 5.41) is 2.57. The smallest absolute Gasteiger partial charge is 0.330 e. The number of ether oxygens (including phenoxy) is 1. The summed E-state index contributed by atoms with van der Waals surface area (Å²) in [6, 6.07) is 0. The highest BCUT2D eigenvalue weighted by molar-refractivity contribution is 7.85. The van der Waals surface area contributed by atoms with Gasteiger partial charge >= 0.3 is 5.97 Å². The molecule has 23 heavy (non-hydrogen) atoms. The van der Waals surface area contributed by atoms with E-state index < -0.39 is 27.4 Å². The molecule has 0 heterocycles. The van der Waals surface area contributed by atoms with E-state index in [0.29, 0.717) is 19.5 Å². The van der Waals surface area contributed by atoms with Crippen LogP contribution in [0.15, 0.2) is 12.7 Å². The summed E-state index contributed by atoms with van der Waals surface area (Å²) >= 11 is 0. The lowest BCUT2D eigenvalue weighted by atomic mass is 10.1. The average molecular weight is 350 g/mol. The molecule has 0 unspecified atom stereocenters. The molecule has 0 aliphatic carbocycles. The zero-order valence-corrected chi connectivity index (χ0v) is 14.7. The lowest BCUT2D eigenvalue weighted by molar-refractivity contribution is -0.137. The van der Waals surface area contributed by atoms with Crippen molar-refractivity contribution in [1.29, 1.82) is 0 Å². The molecule has 0 atom stereocenters. The fraction of sp³-hybridized carbons (Fsp3) is 0.714. The van der Waals surface area contributed by atoms with Crippen LogP contribution in [0.4, 0.5) is 0 Å². The molecular formula is C14H26N2O6S. The summed E-state index contributed by atoms with van der Waals surface area (Å²) in [5.74, 6) is -1.31. The van der Waals surface area contributed by atoms with E-state index in [1.54, 1.807) is 0 Å². The molecule has 2 N–H and O–H groups in total. The third kappa shape index (κ3) is 12.8. The van der Waals surface area contributed by atoms with Gasteiger partial charge in [0.1, 0.15) is 0 Å². The Morgan fingerprint density at radius 2 is 1.96 bits per heavy atom. The van der Waals surface area contributed by atoms with E-state index in [1.165, 1.54) is 13.8 Å². The van der Waals surface area contributed by atoms with Crippen LogP contribution in [-0.4, -0.2) is 67.8 Å². The topological polar surface area (TPSA) is 113 Å².